The molecule has 5 atom stereocenters. The first-order valence-corrected chi connectivity index (χ1v) is 23.9. The lowest BCUT2D eigenvalue weighted by Crippen LogP contribution is -2.62. The van der Waals surface area contributed by atoms with E-state index in [-0.39, 0.29) is 57.0 Å². The maximum absolute atomic E-state index is 14.8. The summed E-state index contributed by atoms with van der Waals surface area (Å²) in [7, 11) is 2.82. The number of rotatable bonds is 9. The highest BCUT2D eigenvalue weighted by Gasteiger charge is 2.49. The van der Waals surface area contributed by atoms with Gasteiger partial charge in [-0.3, -0.25) is 29.2 Å². The number of pyridine rings is 1. The Kier molecular flexibility index (Phi) is 14.1. The number of phenols is 1. The molecule has 6 heterocycles. The van der Waals surface area contributed by atoms with Crippen LogP contribution in [0.15, 0.2) is 54.9 Å². The number of cyclic esters (lactones) is 1. The number of esters is 2. The molecular weight excluding hydrogens is 885 g/mol. The predicted molar refractivity (Wildman–Crippen MR) is 255 cm³/mol. The van der Waals surface area contributed by atoms with Crippen LogP contribution < -0.4 is 10.7 Å². The zero-order valence-electron chi connectivity index (χ0n) is 40.5. The van der Waals surface area contributed by atoms with E-state index in [0.29, 0.717) is 49.9 Å². The number of aryl methyl sites for hydroxylation is 1. The fourth-order valence-corrected chi connectivity index (χ4v) is 10.4. The van der Waals surface area contributed by atoms with Gasteiger partial charge in [0.15, 0.2) is 0 Å². The zero-order chi connectivity index (χ0) is 49.5. The highest BCUT2D eigenvalue weighted by molar-refractivity contribution is 5.96. The number of carbonyl (C=O) groups is 6. The molecule has 4 aromatic rings. The van der Waals surface area contributed by atoms with Gasteiger partial charge in [0.25, 0.3) is 5.91 Å². The summed E-state index contributed by atoms with van der Waals surface area (Å²) in [6.07, 6.45) is 5.13. The van der Waals surface area contributed by atoms with Crippen molar-refractivity contribution in [1.29, 1.82) is 0 Å². The molecule has 0 radical (unpaired) electrons. The summed E-state index contributed by atoms with van der Waals surface area (Å²) >= 11 is 0. The van der Waals surface area contributed by atoms with Crippen LogP contribution in [0.5, 0.6) is 5.75 Å². The third kappa shape index (κ3) is 10.00. The zero-order valence-corrected chi connectivity index (χ0v) is 40.5. The molecule has 0 unspecified atom stereocenters. The number of hydrogen-bond donors (Lipinski definition) is 4. The second kappa shape index (κ2) is 19.8. The normalized spacial score (nSPS) is 22.0. The number of aromatic nitrogens is 2. The summed E-state index contributed by atoms with van der Waals surface area (Å²) in [5.74, 6) is -3.45. The van der Waals surface area contributed by atoms with Crippen molar-refractivity contribution in [3.63, 3.8) is 0 Å². The standard InChI is InChI=1S/C51H64N8O10/c1-8-57-41-12-11-31-22-36(41)37(44(57)38-24-52-15-13-33(38)27-60)23-51(4,5)28-69-48(65)39-10-9-16-59(54-39)47(64)40(20-30-18-34(31)21-35(61)19-30)53-45(62)43(29(2)3)55(6)46(63)32-14-17-56(25-32)50(67)58-26-42(58)49(66)68-7/h11-13,15,18-19,21-22,24,29,32,39-40,42-43,54,60-61H,8-10,14,16-17,20,23,25-28H2,1-7H3,(H,53,62)/t32-,39-,40-,42+,43-,58?/m0/s1. The molecule has 2 aromatic heterocycles. The number of likely N-dealkylation sites (tertiary alicyclic amines) is 1. The molecule has 4 N–H and O–H groups in total. The van der Waals surface area contributed by atoms with Gasteiger partial charge in [-0.25, -0.2) is 15.0 Å². The van der Waals surface area contributed by atoms with Crippen LogP contribution in [-0.2, 0) is 59.4 Å². The molecule has 18 nitrogen and oxygen atoms in total. The Morgan fingerprint density at radius 3 is 2.55 bits per heavy atom. The number of hydrazine groups is 1. The second-order valence-corrected chi connectivity index (χ2v) is 20.0. The van der Waals surface area contributed by atoms with Crippen LogP contribution in [0.1, 0.15) is 70.6 Å². The number of aromatic hydroxyl groups is 1. The van der Waals surface area contributed by atoms with Gasteiger partial charge in [-0.05, 0) is 96.7 Å². The maximum Gasteiger partial charge on any atom is 0.330 e. The molecule has 18 heteroatoms. The summed E-state index contributed by atoms with van der Waals surface area (Å²) in [6, 6.07) is 8.95. The minimum Gasteiger partial charge on any atom is -0.508 e. The molecule has 0 saturated carbocycles. The van der Waals surface area contributed by atoms with E-state index in [4.69, 9.17) is 9.47 Å². The van der Waals surface area contributed by atoms with Gasteiger partial charge in [0.2, 0.25) is 11.8 Å². The van der Waals surface area contributed by atoms with Crippen molar-refractivity contribution in [3.05, 3.63) is 71.5 Å². The van der Waals surface area contributed by atoms with Crippen LogP contribution >= 0.6 is 0 Å². The van der Waals surface area contributed by atoms with Gasteiger partial charge in [0.1, 0.15) is 29.9 Å². The smallest absolute Gasteiger partial charge is 0.330 e. The van der Waals surface area contributed by atoms with E-state index < -0.39 is 65.2 Å². The minimum atomic E-state index is -1.21. The number of benzene rings is 2. The number of phenolic OH excluding ortho intramolecular Hbond substituents is 1. The Morgan fingerprint density at radius 1 is 1.04 bits per heavy atom. The molecule has 4 aliphatic rings. The van der Waals surface area contributed by atoms with Gasteiger partial charge < -0.3 is 44.3 Å². The van der Waals surface area contributed by atoms with Gasteiger partial charge in [-0.2, -0.15) is 0 Å². The molecule has 69 heavy (non-hydrogen) atoms. The van der Waals surface area contributed by atoms with Gasteiger partial charge in [-0.15, -0.1) is 0 Å². The molecular formula is C51H64N8O10. The fraction of sp³-hybridized carbons (Fsp3) is 0.510. The second-order valence-electron chi connectivity index (χ2n) is 20.0. The predicted octanol–water partition coefficient (Wildman–Crippen LogP) is 4.02. The first-order chi connectivity index (χ1) is 32.9. The Morgan fingerprint density at radius 2 is 1.83 bits per heavy atom. The van der Waals surface area contributed by atoms with Crippen molar-refractivity contribution in [2.24, 2.45) is 17.3 Å². The number of carbonyl (C=O) groups excluding carboxylic acids is 6. The molecule has 0 aliphatic carbocycles. The van der Waals surface area contributed by atoms with Crippen molar-refractivity contribution in [3.8, 4) is 28.1 Å². The van der Waals surface area contributed by atoms with E-state index in [0.717, 1.165) is 38.9 Å². The number of fused-ring (bicyclic) bond motifs is 6. The number of aliphatic hydroxyl groups is 1. The summed E-state index contributed by atoms with van der Waals surface area (Å²) in [6.45, 7) is 11.2. The van der Waals surface area contributed by atoms with Crippen molar-refractivity contribution in [2.45, 2.75) is 104 Å². The summed E-state index contributed by atoms with van der Waals surface area (Å²) < 4.78 is 13.0. The van der Waals surface area contributed by atoms with Crippen LogP contribution in [-0.4, -0.2) is 146 Å². The molecule has 368 valence electrons. The SMILES string of the molecule is CCn1c(-c2cnccc2CO)c2c3cc(ccc31)-c1cc(O)cc(c1)C[C@H](NC(=O)[C@H](C(C)C)N(C)C(=O)[C@H]1CCN(C(=O)N3C[C@@H]3C(=O)OC)C1)C(=O)N1CCC[C@H](N1)C(=O)OCC(C)(C)C2. The molecule has 0 spiro atoms. The summed E-state index contributed by atoms with van der Waals surface area (Å²) in [5.41, 5.74) is 8.89. The largest absolute Gasteiger partial charge is 0.508 e. The highest BCUT2D eigenvalue weighted by atomic mass is 16.5. The molecule has 5 amide bonds. The lowest BCUT2D eigenvalue weighted by molar-refractivity contribution is -0.155. The molecule has 4 aliphatic heterocycles. The van der Waals surface area contributed by atoms with Gasteiger partial charge in [0.05, 0.1) is 38.5 Å². The van der Waals surface area contributed by atoms with E-state index in [1.807, 2.05) is 52.0 Å². The van der Waals surface area contributed by atoms with E-state index in [1.165, 1.54) is 26.8 Å². The Balaban J connectivity index is 1.13. The van der Waals surface area contributed by atoms with Crippen molar-refractivity contribution in [2.75, 3.05) is 46.9 Å². The number of hydrogen-bond acceptors (Lipinski definition) is 12. The number of nitrogens with zero attached hydrogens (tertiary/aromatic N) is 6. The lowest BCUT2D eigenvalue weighted by atomic mass is 9.84. The number of amides is 5. The first-order valence-electron chi connectivity index (χ1n) is 23.9. The topological polar surface area (TPSA) is 216 Å². The van der Waals surface area contributed by atoms with Crippen molar-refractivity contribution in [1.82, 2.24) is 40.0 Å². The summed E-state index contributed by atoms with van der Waals surface area (Å²) in [5, 5.41) is 27.1. The fourth-order valence-electron chi connectivity index (χ4n) is 10.4. The van der Waals surface area contributed by atoms with Gasteiger partial charge in [0, 0.05) is 73.9 Å². The monoisotopic (exact) mass is 948 g/mol. The molecule has 8 rings (SSSR count). The van der Waals surface area contributed by atoms with E-state index >= 15 is 0 Å². The average Bonchev–Trinajstić information content (AvgIpc) is 3.88. The summed E-state index contributed by atoms with van der Waals surface area (Å²) in [4.78, 5) is 91.3. The molecule has 2 aromatic carbocycles. The van der Waals surface area contributed by atoms with E-state index in [1.54, 1.807) is 31.6 Å². The van der Waals surface area contributed by atoms with Crippen LogP contribution in [0, 0.1) is 17.3 Å². The van der Waals surface area contributed by atoms with E-state index in [2.05, 4.69) is 33.3 Å². The molecule has 6 bridgehead atoms. The Labute approximate surface area is 401 Å². The number of ether oxygens (including phenoxy) is 2. The van der Waals surface area contributed by atoms with Crippen molar-refractivity contribution >= 4 is 46.6 Å². The van der Waals surface area contributed by atoms with E-state index in [9.17, 15) is 39.0 Å². The van der Waals surface area contributed by atoms with Crippen LogP contribution in [0.3, 0.4) is 0 Å². The number of aliphatic hydroxyl groups excluding tert-OH is 1. The van der Waals surface area contributed by atoms with Crippen LogP contribution in [0.4, 0.5) is 4.79 Å². The van der Waals surface area contributed by atoms with Gasteiger partial charge in [-0.1, -0.05) is 39.8 Å². The maximum atomic E-state index is 14.8. The Hall–Kier alpha value is -6.53. The minimum absolute atomic E-state index is 0.0432. The average molecular weight is 949 g/mol. The quantitative estimate of drug-likeness (QED) is 0.138. The number of methoxy groups -OCH3 is 1. The number of likely N-dealkylation sites (N-methyl/N-ethyl adjacent to an activating group) is 1. The number of urea groups is 1. The molecule has 3 saturated heterocycles. The molecule has 3 fully saturated rings. The Bertz CT molecular complexity index is 2660. The number of nitrogens with one attached hydrogen (secondary N) is 2. The lowest BCUT2D eigenvalue weighted by Gasteiger charge is -2.37. The van der Waals surface area contributed by atoms with Crippen molar-refractivity contribution < 1.29 is 48.5 Å². The third-order valence-electron chi connectivity index (χ3n) is 14.0. The van der Waals surface area contributed by atoms with Crippen LogP contribution in [0.25, 0.3) is 33.3 Å². The van der Waals surface area contributed by atoms with Crippen LogP contribution in [0.2, 0.25) is 0 Å². The first kappa shape index (κ1) is 48.9. The van der Waals surface area contributed by atoms with Gasteiger partial charge >= 0.3 is 18.0 Å². The third-order valence-corrected chi connectivity index (χ3v) is 14.0. The highest BCUT2D eigenvalue weighted by Crippen LogP contribution is 2.41.